The lowest BCUT2D eigenvalue weighted by Gasteiger charge is -2.22. The van der Waals surface area contributed by atoms with Crippen molar-refractivity contribution in [1.29, 1.82) is 0 Å². The van der Waals surface area contributed by atoms with Crippen LogP contribution in [0.3, 0.4) is 0 Å². The van der Waals surface area contributed by atoms with Gasteiger partial charge in [0, 0.05) is 29.9 Å². The van der Waals surface area contributed by atoms with Gasteiger partial charge in [-0.1, -0.05) is 29.8 Å². The van der Waals surface area contributed by atoms with E-state index in [0.29, 0.717) is 12.4 Å². The third-order valence-electron chi connectivity index (χ3n) is 4.60. The number of rotatable bonds is 3. The second-order valence-corrected chi connectivity index (χ2v) is 7.29. The van der Waals surface area contributed by atoms with Crippen LogP contribution in [0.2, 0.25) is 0 Å². The Balaban J connectivity index is 1.62. The van der Waals surface area contributed by atoms with Crippen molar-refractivity contribution in [3.8, 4) is 11.4 Å². The maximum absolute atomic E-state index is 12.9. The Labute approximate surface area is 154 Å². The molecule has 1 atom stereocenters. The van der Waals surface area contributed by atoms with E-state index in [2.05, 4.69) is 15.0 Å². The highest BCUT2D eigenvalue weighted by Gasteiger charge is 2.33. The Kier molecular flexibility index (Phi) is 4.38. The van der Waals surface area contributed by atoms with Gasteiger partial charge in [0.1, 0.15) is 16.4 Å². The van der Waals surface area contributed by atoms with E-state index < -0.39 is 5.56 Å². The van der Waals surface area contributed by atoms with Crippen LogP contribution in [0.1, 0.15) is 39.8 Å². The van der Waals surface area contributed by atoms with E-state index in [1.165, 1.54) is 17.5 Å². The van der Waals surface area contributed by atoms with E-state index in [4.69, 9.17) is 0 Å². The highest BCUT2D eigenvalue weighted by Crippen LogP contribution is 2.33. The van der Waals surface area contributed by atoms with Crippen LogP contribution in [0.5, 0.6) is 0 Å². The van der Waals surface area contributed by atoms with Crippen LogP contribution in [-0.4, -0.2) is 32.3 Å². The minimum atomic E-state index is -0.412. The number of aromatic nitrogens is 3. The average molecular weight is 366 g/mol. The van der Waals surface area contributed by atoms with E-state index in [1.54, 1.807) is 11.1 Å². The fraction of sp³-hybridized carbons (Fsp3) is 0.263. The number of amides is 1. The zero-order chi connectivity index (χ0) is 18.1. The first-order valence-electron chi connectivity index (χ1n) is 8.50. The third-order valence-corrected chi connectivity index (χ3v) is 5.48. The van der Waals surface area contributed by atoms with Crippen LogP contribution in [0.25, 0.3) is 11.4 Å². The molecule has 4 rings (SSSR count). The summed E-state index contributed by atoms with van der Waals surface area (Å²) < 4.78 is 0. The summed E-state index contributed by atoms with van der Waals surface area (Å²) in [6, 6.07) is 7.65. The smallest absolute Gasteiger partial charge is 0.264 e. The first-order valence-corrected chi connectivity index (χ1v) is 9.38. The number of aryl methyl sites for hydroxylation is 1. The average Bonchev–Trinajstić information content (AvgIpc) is 3.33. The van der Waals surface area contributed by atoms with Crippen molar-refractivity contribution >= 4 is 17.2 Å². The second kappa shape index (κ2) is 6.84. The normalized spacial score (nSPS) is 16.8. The molecule has 1 amide bonds. The van der Waals surface area contributed by atoms with Gasteiger partial charge in [0.15, 0.2) is 0 Å². The maximum atomic E-state index is 12.9. The molecule has 3 aromatic rings. The van der Waals surface area contributed by atoms with Gasteiger partial charge in [0.2, 0.25) is 0 Å². The van der Waals surface area contributed by atoms with Gasteiger partial charge in [0.25, 0.3) is 11.5 Å². The number of benzene rings is 1. The topological polar surface area (TPSA) is 79.0 Å². The van der Waals surface area contributed by atoms with Crippen LogP contribution < -0.4 is 5.56 Å². The highest BCUT2D eigenvalue weighted by molar-refractivity contribution is 7.09. The fourth-order valence-electron chi connectivity index (χ4n) is 3.23. The number of H-pyrrole nitrogens is 1. The van der Waals surface area contributed by atoms with Gasteiger partial charge in [-0.3, -0.25) is 9.59 Å². The molecule has 1 N–H and O–H groups in total. The molecule has 0 unspecified atom stereocenters. The molecule has 1 saturated heterocycles. The molecule has 3 heterocycles. The zero-order valence-corrected chi connectivity index (χ0v) is 15.1. The van der Waals surface area contributed by atoms with Gasteiger partial charge in [-0.05, 0) is 19.8 Å². The van der Waals surface area contributed by atoms with E-state index in [1.807, 2.05) is 36.6 Å². The molecule has 0 saturated carbocycles. The summed E-state index contributed by atoms with van der Waals surface area (Å²) in [4.78, 5) is 38.5. The van der Waals surface area contributed by atoms with Crippen LogP contribution >= 0.6 is 11.3 Å². The molecule has 7 heteroatoms. The number of hydrogen-bond donors (Lipinski definition) is 1. The molecule has 26 heavy (non-hydrogen) atoms. The molecular formula is C19H18N4O2S. The number of nitrogens with zero attached hydrogens (tertiary/aromatic N) is 3. The van der Waals surface area contributed by atoms with E-state index >= 15 is 0 Å². The fourth-order valence-corrected chi connectivity index (χ4v) is 4.01. The minimum absolute atomic E-state index is 0.0568. The zero-order valence-electron chi connectivity index (χ0n) is 14.3. The number of hydrogen-bond acceptors (Lipinski definition) is 5. The van der Waals surface area contributed by atoms with E-state index in [0.717, 1.165) is 29.0 Å². The lowest BCUT2D eigenvalue weighted by Crippen LogP contribution is -2.34. The van der Waals surface area contributed by atoms with Crippen molar-refractivity contribution in [3.63, 3.8) is 0 Å². The number of carbonyl (C=O) groups excluding carboxylic acids is 1. The standard InChI is InChI=1S/C19H18N4O2S/c1-12-4-6-13(7-5-12)16-21-11-14(17(24)22-16)19(25)23-9-2-3-15(23)18-20-8-10-26-18/h4-8,10-11,15H,2-3,9H2,1H3,(H,21,22,24)/t15-/m0/s1. The Morgan fingerprint density at radius 1 is 1.27 bits per heavy atom. The van der Waals surface area contributed by atoms with Crippen molar-refractivity contribution in [2.24, 2.45) is 0 Å². The maximum Gasteiger partial charge on any atom is 0.264 e. The van der Waals surface area contributed by atoms with Gasteiger partial charge in [-0.15, -0.1) is 11.3 Å². The van der Waals surface area contributed by atoms with Crippen molar-refractivity contribution in [3.05, 3.63) is 68.5 Å². The third kappa shape index (κ3) is 3.06. The molecule has 0 aliphatic carbocycles. The number of carbonyl (C=O) groups is 1. The largest absolute Gasteiger partial charge is 0.329 e. The molecule has 0 spiro atoms. The lowest BCUT2D eigenvalue weighted by molar-refractivity contribution is 0.0733. The highest BCUT2D eigenvalue weighted by atomic mass is 32.1. The Hall–Kier alpha value is -2.80. The van der Waals surface area contributed by atoms with E-state index in [-0.39, 0.29) is 17.5 Å². The van der Waals surface area contributed by atoms with Crippen LogP contribution in [0.4, 0.5) is 0 Å². The van der Waals surface area contributed by atoms with Crippen molar-refractivity contribution < 1.29 is 4.79 Å². The quantitative estimate of drug-likeness (QED) is 0.772. The summed E-state index contributed by atoms with van der Waals surface area (Å²) in [6.07, 6.45) is 4.90. The number of nitrogens with one attached hydrogen (secondary N) is 1. The lowest BCUT2D eigenvalue weighted by atomic mass is 10.1. The molecule has 6 nitrogen and oxygen atoms in total. The van der Waals surface area contributed by atoms with Gasteiger partial charge in [-0.25, -0.2) is 9.97 Å². The first-order chi connectivity index (χ1) is 12.6. The first kappa shape index (κ1) is 16.7. The van der Waals surface area contributed by atoms with Gasteiger partial charge < -0.3 is 9.88 Å². The summed E-state index contributed by atoms with van der Waals surface area (Å²) in [7, 11) is 0. The van der Waals surface area contributed by atoms with E-state index in [9.17, 15) is 9.59 Å². The Morgan fingerprint density at radius 3 is 2.77 bits per heavy atom. The Bertz CT molecular complexity index is 980. The summed E-state index contributed by atoms with van der Waals surface area (Å²) in [5.74, 6) is 0.177. The van der Waals surface area contributed by atoms with Gasteiger partial charge in [-0.2, -0.15) is 0 Å². The molecule has 0 radical (unpaired) electrons. The summed E-state index contributed by atoms with van der Waals surface area (Å²) in [5.41, 5.74) is 1.60. The summed E-state index contributed by atoms with van der Waals surface area (Å²) >= 11 is 1.54. The van der Waals surface area contributed by atoms with Crippen LogP contribution in [0.15, 0.2) is 46.8 Å². The minimum Gasteiger partial charge on any atom is -0.329 e. The Morgan fingerprint density at radius 2 is 2.08 bits per heavy atom. The molecule has 1 aliphatic heterocycles. The molecule has 1 aromatic carbocycles. The predicted molar refractivity (Wildman–Crippen MR) is 100 cm³/mol. The summed E-state index contributed by atoms with van der Waals surface area (Å²) in [5, 5.41) is 2.82. The van der Waals surface area contributed by atoms with Crippen molar-refractivity contribution in [1.82, 2.24) is 19.9 Å². The summed E-state index contributed by atoms with van der Waals surface area (Å²) in [6.45, 7) is 2.62. The van der Waals surface area contributed by atoms with Crippen LogP contribution in [-0.2, 0) is 0 Å². The molecule has 132 valence electrons. The molecule has 2 aromatic heterocycles. The molecular weight excluding hydrogens is 348 g/mol. The predicted octanol–water partition coefficient (Wildman–Crippen LogP) is 3.18. The van der Waals surface area contributed by atoms with Crippen LogP contribution in [0, 0.1) is 6.92 Å². The monoisotopic (exact) mass is 366 g/mol. The second-order valence-electron chi connectivity index (χ2n) is 6.37. The van der Waals surface area contributed by atoms with Crippen molar-refractivity contribution in [2.75, 3.05) is 6.54 Å². The number of thiazole rings is 1. The van der Waals surface area contributed by atoms with Crippen molar-refractivity contribution in [2.45, 2.75) is 25.8 Å². The van der Waals surface area contributed by atoms with Gasteiger partial charge in [0.05, 0.1) is 6.04 Å². The number of aromatic amines is 1. The number of likely N-dealkylation sites (tertiary alicyclic amines) is 1. The molecule has 0 bridgehead atoms. The van der Waals surface area contributed by atoms with Gasteiger partial charge >= 0.3 is 0 Å². The SMILES string of the molecule is Cc1ccc(-c2ncc(C(=O)N3CCC[C@H]3c3nccs3)c(=O)[nH]2)cc1. The molecule has 1 fully saturated rings. The molecule has 1 aliphatic rings.